The smallest absolute Gasteiger partial charge is 0.244 e. The van der Waals surface area contributed by atoms with Crippen LogP contribution in [-0.2, 0) is 26.2 Å². The van der Waals surface area contributed by atoms with Crippen LogP contribution in [0.4, 0.5) is 5.69 Å². The average Bonchev–Trinajstić information content (AvgIpc) is 2.76. The first-order valence-corrected chi connectivity index (χ1v) is 13.0. The third-order valence-electron chi connectivity index (χ3n) is 5.83. The van der Waals surface area contributed by atoms with Crippen LogP contribution in [0.2, 0.25) is 0 Å². The molecule has 0 heterocycles. The Labute approximate surface area is 197 Å². The van der Waals surface area contributed by atoms with Gasteiger partial charge in [0.1, 0.15) is 12.6 Å². The van der Waals surface area contributed by atoms with Gasteiger partial charge in [0.05, 0.1) is 11.9 Å². The summed E-state index contributed by atoms with van der Waals surface area (Å²) in [4.78, 5) is 27.9. The van der Waals surface area contributed by atoms with E-state index in [-0.39, 0.29) is 18.5 Å². The zero-order valence-electron chi connectivity index (χ0n) is 20.3. The Bertz CT molecular complexity index is 1080. The molecule has 1 N–H and O–H groups in total. The highest BCUT2D eigenvalue weighted by Gasteiger charge is 2.31. The number of carbonyl (C=O) groups is 2. The minimum atomic E-state index is -3.73. The van der Waals surface area contributed by atoms with Crippen molar-refractivity contribution < 1.29 is 18.0 Å². The summed E-state index contributed by atoms with van der Waals surface area (Å²) in [5.41, 5.74) is 3.07. The predicted octanol–water partition coefficient (Wildman–Crippen LogP) is 3.40. The first-order valence-electron chi connectivity index (χ1n) is 11.1. The minimum absolute atomic E-state index is 0.0325. The fourth-order valence-corrected chi connectivity index (χ4v) is 4.36. The van der Waals surface area contributed by atoms with E-state index in [0.717, 1.165) is 33.7 Å². The molecule has 0 aliphatic heterocycles. The number of hydrogen-bond donors (Lipinski definition) is 1. The molecule has 0 spiro atoms. The van der Waals surface area contributed by atoms with Gasteiger partial charge < -0.3 is 10.2 Å². The third kappa shape index (κ3) is 7.05. The number of rotatable bonds is 10. The van der Waals surface area contributed by atoms with Gasteiger partial charge in [-0.1, -0.05) is 49.4 Å². The Morgan fingerprint density at radius 2 is 1.55 bits per heavy atom. The highest BCUT2D eigenvalue weighted by Crippen LogP contribution is 2.23. The highest BCUT2D eigenvalue weighted by molar-refractivity contribution is 7.92. The van der Waals surface area contributed by atoms with Crippen molar-refractivity contribution in [1.29, 1.82) is 0 Å². The topological polar surface area (TPSA) is 86.8 Å². The molecule has 0 aliphatic carbocycles. The van der Waals surface area contributed by atoms with Gasteiger partial charge in [-0.2, -0.15) is 0 Å². The summed E-state index contributed by atoms with van der Waals surface area (Å²) in [6.07, 6.45) is 1.84. The van der Waals surface area contributed by atoms with Crippen LogP contribution >= 0.6 is 0 Å². The van der Waals surface area contributed by atoms with E-state index in [1.54, 1.807) is 32.0 Å². The second-order valence-electron chi connectivity index (χ2n) is 8.50. The van der Waals surface area contributed by atoms with Gasteiger partial charge in [-0.05, 0) is 56.9 Å². The van der Waals surface area contributed by atoms with Crippen molar-refractivity contribution in [3.63, 3.8) is 0 Å². The molecule has 2 aromatic carbocycles. The van der Waals surface area contributed by atoms with E-state index in [2.05, 4.69) is 5.32 Å². The predicted molar refractivity (Wildman–Crippen MR) is 132 cm³/mol. The van der Waals surface area contributed by atoms with Gasteiger partial charge >= 0.3 is 0 Å². The third-order valence-corrected chi connectivity index (χ3v) is 6.96. The first-order chi connectivity index (χ1) is 15.5. The number of nitrogens with zero attached hydrogens (tertiary/aromatic N) is 2. The molecule has 0 aliphatic rings. The standard InChI is InChI=1S/C25H35N3O4S/c1-7-20(4)26-25(30)21(5)27(16-22-14-10-8-12-18(22)2)24(29)17-28(33(6,31)32)23-15-11-9-13-19(23)3/h8-15,20-21H,7,16-17H2,1-6H3,(H,26,30)/t20-,21-/m0/s1. The molecular formula is C25H35N3O4S. The number of nitrogens with one attached hydrogen (secondary N) is 1. The summed E-state index contributed by atoms with van der Waals surface area (Å²) in [6, 6.07) is 13.9. The van der Waals surface area contributed by atoms with Gasteiger partial charge in [0.25, 0.3) is 0 Å². The van der Waals surface area contributed by atoms with Crippen molar-refractivity contribution in [2.45, 2.75) is 59.7 Å². The lowest BCUT2D eigenvalue weighted by atomic mass is 10.1. The average molecular weight is 474 g/mol. The summed E-state index contributed by atoms with van der Waals surface area (Å²) in [5.74, 6) is -0.716. The van der Waals surface area contributed by atoms with Crippen LogP contribution in [0.5, 0.6) is 0 Å². The Balaban J connectivity index is 2.41. The molecule has 2 atom stereocenters. The summed E-state index contributed by atoms with van der Waals surface area (Å²) in [7, 11) is -3.73. The van der Waals surface area contributed by atoms with Crippen molar-refractivity contribution in [1.82, 2.24) is 10.2 Å². The van der Waals surface area contributed by atoms with Crippen LogP contribution in [0.15, 0.2) is 48.5 Å². The molecule has 0 bridgehead atoms. The molecule has 2 aromatic rings. The van der Waals surface area contributed by atoms with Crippen molar-refractivity contribution in [2.75, 3.05) is 17.1 Å². The van der Waals surface area contributed by atoms with Gasteiger partial charge in [0.15, 0.2) is 0 Å². The molecule has 0 saturated heterocycles. The van der Waals surface area contributed by atoms with E-state index in [4.69, 9.17) is 0 Å². The van der Waals surface area contributed by atoms with Gasteiger partial charge in [-0.3, -0.25) is 13.9 Å². The number of sulfonamides is 1. The Hall–Kier alpha value is -2.87. The van der Waals surface area contributed by atoms with Crippen LogP contribution in [0.1, 0.15) is 43.9 Å². The summed E-state index contributed by atoms with van der Waals surface area (Å²) in [5, 5.41) is 2.92. The summed E-state index contributed by atoms with van der Waals surface area (Å²) >= 11 is 0. The lowest BCUT2D eigenvalue weighted by molar-refractivity contribution is -0.139. The van der Waals surface area contributed by atoms with Crippen LogP contribution in [0.3, 0.4) is 0 Å². The fraction of sp³-hybridized carbons (Fsp3) is 0.440. The SMILES string of the molecule is CC[C@H](C)NC(=O)[C@H](C)N(Cc1ccccc1C)C(=O)CN(c1ccccc1C)S(C)(=O)=O. The van der Waals surface area contributed by atoms with Crippen LogP contribution < -0.4 is 9.62 Å². The number of benzene rings is 2. The monoisotopic (exact) mass is 473 g/mol. The van der Waals surface area contributed by atoms with E-state index >= 15 is 0 Å². The van der Waals surface area contributed by atoms with Crippen LogP contribution in [0.25, 0.3) is 0 Å². The van der Waals surface area contributed by atoms with E-state index in [9.17, 15) is 18.0 Å². The summed E-state index contributed by atoms with van der Waals surface area (Å²) in [6.45, 7) is 9.10. The lowest BCUT2D eigenvalue weighted by Gasteiger charge is -2.32. The van der Waals surface area contributed by atoms with E-state index in [0.29, 0.717) is 5.69 Å². The van der Waals surface area contributed by atoms with Crippen molar-refractivity contribution in [3.8, 4) is 0 Å². The number of anilines is 1. The second kappa shape index (κ2) is 11.3. The lowest BCUT2D eigenvalue weighted by Crippen LogP contribution is -2.52. The summed E-state index contributed by atoms with van der Waals surface area (Å²) < 4.78 is 26.3. The highest BCUT2D eigenvalue weighted by atomic mass is 32.2. The van der Waals surface area contributed by atoms with Gasteiger partial charge in [-0.25, -0.2) is 8.42 Å². The Kier molecular flexibility index (Phi) is 9.05. The quantitative estimate of drug-likeness (QED) is 0.573. The van der Waals surface area contributed by atoms with Crippen LogP contribution in [0, 0.1) is 13.8 Å². The Morgan fingerprint density at radius 1 is 0.970 bits per heavy atom. The molecule has 0 radical (unpaired) electrons. The van der Waals surface area contributed by atoms with E-state index < -0.39 is 28.5 Å². The molecule has 2 rings (SSSR count). The zero-order chi connectivity index (χ0) is 24.8. The van der Waals surface area contributed by atoms with Crippen molar-refractivity contribution >= 4 is 27.5 Å². The van der Waals surface area contributed by atoms with Gasteiger partial charge in [0, 0.05) is 12.6 Å². The molecule has 8 heteroatoms. The number of carbonyl (C=O) groups excluding carboxylic acids is 2. The molecule has 2 amide bonds. The van der Waals surface area contributed by atoms with E-state index in [1.807, 2.05) is 51.1 Å². The molecule has 0 aromatic heterocycles. The maximum absolute atomic E-state index is 13.5. The van der Waals surface area contributed by atoms with Crippen molar-refractivity contribution in [2.24, 2.45) is 0 Å². The number of hydrogen-bond acceptors (Lipinski definition) is 4. The molecule has 0 saturated carbocycles. The zero-order valence-corrected chi connectivity index (χ0v) is 21.1. The molecular weight excluding hydrogens is 438 g/mol. The van der Waals surface area contributed by atoms with Crippen molar-refractivity contribution in [3.05, 3.63) is 65.2 Å². The molecule has 180 valence electrons. The molecule has 0 fully saturated rings. The van der Waals surface area contributed by atoms with E-state index in [1.165, 1.54) is 4.90 Å². The fourth-order valence-electron chi connectivity index (χ4n) is 3.46. The normalized spacial score (nSPS) is 13.2. The number of amides is 2. The Morgan fingerprint density at radius 3 is 2.09 bits per heavy atom. The largest absolute Gasteiger partial charge is 0.352 e. The number of aryl methyl sites for hydroxylation is 2. The van der Waals surface area contributed by atoms with Gasteiger partial charge in [-0.15, -0.1) is 0 Å². The van der Waals surface area contributed by atoms with Crippen LogP contribution in [-0.4, -0.2) is 50.0 Å². The minimum Gasteiger partial charge on any atom is -0.352 e. The first kappa shape index (κ1) is 26.4. The van der Waals surface area contributed by atoms with Gasteiger partial charge in [0.2, 0.25) is 21.8 Å². The molecule has 0 unspecified atom stereocenters. The maximum Gasteiger partial charge on any atom is 0.244 e. The molecule has 33 heavy (non-hydrogen) atoms. The number of para-hydroxylation sites is 1. The molecule has 7 nitrogen and oxygen atoms in total. The second-order valence-corrected chi connectivity index (χ2v) is 10.4. The maximum atomic E-state index is 13.5.